The number of ether oxygens (including phenoxy) is 1. The smallest absolute Gasteiger partial charge is 0.123 e. The number of nitrogens with zero attached hydrogens (tertiary/aromatic N) is 4. The van der Waals surface area contributed by atoms with E-state index >= 15 is 0 Å². The molecular weight excluding hydrogens is 419 g/mol. The lowest BCUT2D eigenvalue weighted by Gasteiger charge is -2.12. The molecule has 0 aliphatic heterocycles. The molecular formula is C26H23FN4O2. The Balaban J connectivity index is 1.48. The van der Waals surface area contributed by atoms with Gasteiger partial charge in [-0.05, 0) is 35.6 Å². The summed E-state index contributed by atoms with van der Waals surface area (Å²) in [6, 6.07) is 20.7. The monoisotopic (exact) mass is 442 g/mol. The Morgan fingerprint density at radius 2 is 1.85 bits per heavy atom. The molecule has 0 atom stereocenters. The molecule has 0 aliphatic carbocycles. The molecule has 0 radical (unpaired) electrons. The third-order valence-corrected chi connectivity index (χ3v) is 5.55. The zero-order chi connectivity index (χ0) is 22.6. The van der Waals surface area contributed by atoms with Crippen molar-refractivity contribution in [1.82, 2.24) is 20.0 Å². The van der Waals surface area contributed by atoms with Crippen molar-refractivity contribution in [2.45, 2.75) is 26.2 Å². The minimum absolute atomic E-state index is 0.114. The van der Waals surface area contributed by atoms with Crippen LogP contribution in [0.2, 0.25) is 0 Å². The zero-order valence-electron chi connectivity index (χ0n) is 18.0. The molecule has 7 heteroatoms. The molecule has 0 fully saturated rings. The number of pyridine rings is 1. The van der Waals surface area contributed by atoms with Crippen LogP contribution in [0.25, 0.3) is 32.9 Å². The summed E-state index contributed by atoms with van der Waals surface area (Å²) in [5.74, 6) is -0.297. The van der Waals surface area contributed by atoms with Gasteiger partial charge in [0, 0.05) is 29.5 Å². The first kappa shape index (κ1) is 21.2. The highest BCUT2D eigenvalue weighted by molar-refractivity contribution is 6.06. The molecule has 1 N–H and O–H groups in total. The van der Waals surface area contributed by atoms with Crippen LogP contribution in [-0.4, -0.2) is 31.7 Å². The van der Waals surface area contributed by atoms with Crippen LogP contribution in [0, 0.1) is 5.82 Å². The van der Waals surface area contributed by atoms with E-state index in [9.17, 15) is 4.39 Å². The lowest BCUT2D eigenvalue weighted by atomic mass is 10.0. The molecule has 5 rings (SSSR count). The number of hydrogen-bond donors (Lipinski definition) is 1. The molecule has 166 valence electrons. The minimum atomic E-state index is -0.297. The fraction of sp³-hybridized carbons (Fsp3) is 0.192. The van der Waals surface area contributed by atoms with Gasteiger partial charge < -0.3 is 9.84 Å². The summed E-state index contributed by atoms with van der Waals surface area (Å²) in [4.78, 5) is 4.91. The van der Waals surface area contributed by atoms with Crippen LogP contribution in [0.4, 0.5) is 4.39 Å². The van der Waals surface area contributed by atoms with Crippen molar-refractivity contribution in [3.05, 3.63) is 90.0 Å². The zero-order valence-corrected chi connectivity index (χ0v) is 18.0. The van der Waals surface area contributed by atoms with Gasteiger partial charge in [0.25, 0.3) is 0 Å². The molecule has 6 nitrogen and oxygen atoms in total. The van der Waals surface area contributed by atoms with Crippen molar-refractivity contribution in [3.8, 4) is 11.3 Å². The van der Waals surface area contributed by atoms with Gasteiger partial charge in [-0.2, -0.15) is 0 Å². The normalized spacial score (nSPS) is 11.5. The molecule has 0 amide bonds. The molecule has 3 aromatic carbocycles. The van der Waals surface area contributed by atoms with Crippen LogP contribution in [0.15, 0.2) is 72.9 Å². The highest BCUT2D eigenvalue weighted by Gasteiger charge is 2.12. The maximum absolute atomic E-state index is 13.9. The van der Waals surface area contributed by atoms with Gasteiger partial charge in [-0.1, -0.05) is 53.7 Å². The summed E-state index contributed by atoms with van der Waals surface area (Å²) in [6.07, 6.45) is 2.45. The van der Waals surface area contributed by atoms with Crippen molar-refractivity contribution < 1.29 is 14.2 Å². The van der Waals surface area contributed by atoms with E-state index in [0.29, 0.717) is 31.9 Å². The molecule has 2 aromatic heterocycles. The first-order chi connectivity index (χ1) is 16.2. The Kier molecular flexibility index (Phi) is 6.06. The van der Waals surface area contributed by atoms with Gasteiger partial charge in [0.2, 0.25) is 0 Å². The van der Waals surface area contributed by atoms with Gasteiger partial charge in [0.1, 0.15) is 11.5 Å². The van der Waals surface area contributed by atoms with Crippen LogP contribution in [-0.2, 0) is 24.5 Å². The fourth-order valence-corrected chi connectivity index (χ4v) is 3.96. The predicted octanol–water partition coefficient (Wildman–Crippen LogP) is 4.88. The summed E-state index contributed by atoms with van der Waals surface area (Å²) < 4.78 is 21.6. The second kappa shape index (κ2) is 9.44. The van der Waals surface area contributed by atoms with Crippen molar-refractivity contribution >= 4 is 21.7 Å². The summed E-state index contributed by atoms with van der Waals surface area (Å²) in [5.41, 5.74) is 3.98. The standard InChI is InChI=1S/C26H23FN4O2/c27-21-7-3-6-19(13-21)25-14-20(16-33-17-22-15-31(30-29-22)11-4-12-32)24-10-9-18-5-1-2-8-23(18)26(24)28-25/h1-3,5-10,13-15,32H,4,11-12,16-17H2. The summed E-state index contributed by atoms with van der Waals surface area (Å²) in [7, 11) is 0. The van der Waals surface area contributed by atoms with E-state index in [-0.39, 0.29) is 12.4 Å². The fourth-order valence-electron chi connectivity index (χ4n) is 3.96. The van der Waals surface area contributed by atoms with Crippen LogP contribution >= 0.6 is 0 Å². The van der Waals surface area contributed by atoms with E-state index in [1.807, 2.05) is 30.5 Å². The van der Waals surface area contributed by atoms with Crippen LogP contribution < -0.4 is 0 Å². The molecule has 0 spiro atoms. The van der Waals surface area contributed by atoms with E-state index < -0.39 is 0 Å². The molecule has 0 aliphatic rings. The summed E-state index contributed by atoms with van der Waals surface area (Å²) >= 11 is 0. The van der Waals surface area contributed by atoms with Gasteiger partial charge >= 0.3 is 0 Å². The number of aliphatic hydroxyl groups excluding tert-OH is 1. The van der Waals surface area contributed by atoms with E-state index in [1.165, 1.54) is 12.1 Å². The highest BCUT2D eigenvalue weighted by Crippen LogP contribution is 2.31. The van der Waals surface area contributed by atoms with E-state index in [2.05, 4.69) is 34.6 Å². The number of halogens is 1. The third-order valence-electron chi connectivity index (χ3n) is 5.55. The number of rotatable bonds is 8. The molecule has 0 saturated carbocycles. The van der Waals surface area contributed by atoms with Crippen molar-refractivity contribution in [1.29, 1.82) is 0 Å². The van der Waals surface area contributed by atoms with Crippen molar-refractivity contribution in [2.24, 2.45) is 0 Å². The Morgan fingerprint density at radius 3 is 2.73 bits per heavy atom. The number of benzene rings is 3. The van der Waals surface area contributed by atoms with E-state index in [4.69, 9.17) is 14.8 Å². The number of hydrogen-bond acceptors (Lipinski definition) is 5. The highest BCUT2D eigenvalue weighted by atomic mass is 19.1. The number of aliphatic hydroxyl groups is 1. The maximum Gasteiger partial charge on any atom is 0.123 e. The Labute approximate surface area is 190 Å². The van der Waals surface area contributed by atoms with Crippen molar-refractivity contribution in [3.63, 3.8) is 0 Å². The second-order valence-corrected chi connectivity index (χ2v) is 7.90. The van der Waals surface area contributed by atoms with Gasteiger partial charge in [0.05, 0.1) is 30.6 Å². The molecule has 2 heterocycles. The topological polar surface area (TPSA) is 73.1 Å². The molecule has 0 saturated heterocycles. The first-order valence-corrected chi connectivity index (χ1v) is 10.9. The molecule has 33 heavy (non-hydrogen) atoms. The summed E-state index contributed by atoms with van der Waals surface area (Å²) in [5, 5.41) is 20.3. The van der Waals surface area contributed by atoms with Crippen LogP contribution in [0.1, 0.15) is 17.7 Å². The predicted molar refractivity (Wildman–Crippen MR) is 125 cm³/mol. The largest absolute Gasteiger partial charge is 0.396 e. The van der Waals surface area contributed by atoms with Gasteiger partial charge in [0.15, 0.2) is 0 Å². The Bertz CT molecular complexity index is 1420. The molecule has 0 unspecified atom stereocenters. The SMILES string of the molecule is OCCCn1cc(COCc2cc(-c3cccc(F)c3)nc3c2ccc2ccccc23)nn1. The minimum Gasteiger partial charge on any atom is -0.396 e. The number of aryl methyl sites for hydroxylation is 1. The Morgan fingerprint density at radius 1 is 0.939 bits per heavy atom. The molecule has 0 bridgehead atoms. The van der Waals surface area contributed by atoms with Gasteiger partial charge in [-0.3, -0.25) is 4.68 Å². The average Bonchev–Trinajstić information content (AvgIpc) is 3.30. The summed E-state index contributed by atoms with van der Waals surface area (Å²) in [6.45, 7) is 1.39. The lowest BCUT2D eigenvalue weighted by Crippen LogP contribution is -2.00. The lowest BCUT2D eigenvalue weighted by molar-refractivity contribution is 0.105. The number of aromatic nitrogens is 4. The van der Waals surface area contributed by atoms with Crippen molar-refractivity contribution in [2.75, 3.05) is 6.61 Å². The third kappa shape index (κ3) is 4.60. The quantitative estimate of drug-likeness (QED) is 0.347. The van der Waals surface area contributed by atoms with E-state index in [1.54, 1.807) is 10.7 Å². The second-order valence-electron chi connectivity index (χ2n) is 7.90. The number of fused-ring (bicyclic) bond motifs is 3. The molecule has 5 aromatic rings. The van der Waals surface area contributed by atoms with Gasteiger partial charge in [-0.15, -0.1) is 5.10 Å². The van der Waals surface area contributed by atoms with Crippen LogP contribution in [0.3, 0.4) is 0 Å². The van der Waals surface area contributed by atoms with Crippen LogP contribution in [0.5, 0.6) is 0 Å². The van der Waals surface area contributed by atoms with Gasteiger partial charge in [-0.25, -0.2) is 9.37 Å². The Hall–Kier alpha value is -3.68. The van der Waals surface area contributed by atoms with E-state index in [0.717, 1.165) is 38.5 Å². The average molecular weight is 442 g/mol. The first-order valence-electron chi connectivity index (χ1n) is 10.9. The maximum atomic E-state index is 13.9.